The van der Waals surface area contributed by atoms with Gasteiger partial charge in [0.25, 0.3) is 11.2 Å². The molecule has 36 heavy (non-hydrogen) atoms. The van der Waals surface area contributed by atoms with E-state index in [1.165, 1.54) is 29.9 Å². The third-order valence-corrected chi connectivity index (χ3v) is 6.85. The lowest BCUT2D eigenvalue weighted by Gasteiger charge is -2.17. The van der Waals surface area contributed by atoms with Crippen LogP contribution in [0.2, 0.25) is 0 Å². The minimum Gasteiger partial charge on any atom is -0.495 e. The maximum Gasteiger partial charge on any atom is 0.271 e. The molecule has 0 radical (unpaired) electrons. The number of ether oxygens (including phenoxy) is 1. The van der Waals surface area contributed by atoms with Crippen LogP contribution in [0.5, 0.6) is 5.75 Å². The van der Waals surface area contributed by atoms with E-state index in [0.717, 1.165) is 22.9 Å². The molecule has 10 heteroatoms. The van der Waals surface area contributed by atoms with Gasteiger partial charge in [-0.15, -0.1) is 0 Å². The minimum atomic E-state index is -0.695. The summed E-state index contributed by atoms with van der Waals surface area (Å²) < 4.78 is 6.75. The summed E-state index contributed by atoms with van der Waals surface area (Å²) in [6.07, 6.45) is 0. The Hall–Kier alpha value is -4.18. The summed E-state index contributed by atoms with van der Waals surface area (Å²) >= 11 is 1.12. The fraction of sp³-hybridized carbons (Fsp3) is 0.192. The highest BCUT2D eigenvalue weighted by Crippen LogP contribution is 2.31. The van der Waals surface area contributed by atoms with Gasteiger partial charge in [0.05, 0.1) is 39.6 Å². The van der Waals surface area contributed by atoms with Gasteiger partial charge < -0.3 is 10.1 Å². The standard InChI is InChI=1S/C26H24N4O5S/c1-15-9-10-18(13-16(15)2)29-25(32)20-7-5-6-8-21(20)28-26(29)36-17(3)24(31)27-22-14-19(30(33)34)11-12-23(22)35-4/h5-14,17H,1-4H3,(H,27,31). The van der Waals surface area contributed by atoms with Crippen LogP contribution in [-0.4, -0.2) is 32.7 Å². The quantitative estimate of drug-likeness (QED) is 0.162. The van der Waals surface area contributed by atoms with Crippen molar-refractivity contribution in [1.29, 1.82) is 0 Å². The number of amides is 1. The molecule has 4 rings (SSSR count). The Morgan fingerprint density at radius 3 is 2.56 bits per heavy atom. The van der Waals surface area contributed by atoms with Crippen LogP contribution in [-0.2, 0) is 4.79 Å². The van der Waals surface area contributed by atoms with Crippen LogP contribution in [0.15, 0.2) is 70.6 Å². The number of nitrogens with zero attached hydrogens (tertiary/aromatic N) is 3. The molecule has 0 fully saturated rings. The van der Waals surface area contributed by atoms with Crippen LogP contribution in [0, 0.1) is 24.0 Å². The summed E-state index contributed by atoms with van der Waals surface area (Å²) in [5.74, 6) is -0.130. The molecule has 0 bridgehead atoms. The molecule has 0 aliphatic heterocycles. The molecule has 1 heterocycles. The summed E-state index contributed by atoms with van der Waals surface area (Å²) in [5.41, 5.74) is 3.06. The second-order valence-electron chi connectivity index (χ2n) is 8.21. The highest BCUT2D eigenvalue weighted by Gasteiger charge is 2.22. The summed E-state index contributed by atoms with van der Waals surface area (Å²) in [6.45, 7) is 5.63. The predicted molar refractivity (Wildman–Crippen MR) is 140 cm³/mol. The molecule has 0 saturated heterocycles. The first-order chi connectivity index (χ1) is 17.2. The molecular weight excluding hydrogens is 480 g/mol. The highest BCUT2D eigenvalue weighted by molar-refractivity contribution is 8.00. The van der Waals surface area contributed by atoms with E-state index in [4.69, 9.17) is 9.72 Å². The van der Waals surface area contributed by atoms with Gasteiger partial charge >= 0.3 is 0 Å². The lowest BCUT2D eigenvalue weighted by Crippen LogP contribution is -2.26. The Morgan fingerprint density at radius 2 is 1.86 bits per heavy atom. The van der Waals surface area contributed by atoms with Crippen LogP contribution in [0.1, 0.15) is 18.1 Å². The third-order valence-electron chi connectivity index (χ3n) is 5.80. The number of hydrogen-bond donors (Lipinski definition) is 1. The fourth-order valence-electron chi connectivity index (χ4n) is 3.64. The number of nitro benzene ring substituents is 1. The van der Waals surface area contributed by atoms with E-state index in [-0.39, 0.29) is 16.9 Å². The first kappa shape index (κ1) is 24.9. The summed E-state index contributed by atoms with van der Waals surface area (Å²) in [5, 5.41) is 14.0. The lowest BCUT2D eigenvalue weighted by molar-refractivity contribution is -0.384. The number of rotatable bonds is 7. The second-order valence-corrected chi connectivity index (χ2v) is 9.52. The van der Waals surface area contributed by atoms with Crippen LogP contribution in [0.25, 0.3) is 16.6 Å². The van der Waals surface area contributed by atoms with Gasteiger partial charge in [-0.05, 0) is 62.2 Å². The van der Waals surface area contributed by atoms with Crippen molar-refractivity contribution in [2.75, 3.05) is 12.4 Å². The topological polar surface area (TPSA) is 116 Å². The van der Waals surface area contributed by atoms with Crippen molar-refractivity contribution in [1.82, 2.24) is 9.55 Å². The zero-order valence-corrected chi connectivity index (χ0v) is 21.0. The van der Waals surface area contributed by atoms with Gasteiger partial charge in [0.2, 0.25) is 5.91 Å². The van der Waals surface area contributed by atoms with Crippen molar-refractivity contribution in [2.45, 2.75) is 31.2 Å². The van der Waals surface area contributed by atoms with Crippen molar-refractivity contribution in [3.05, 3.63) is 92.3 Å². The molecule has 4 aromatic rings. The molecule has 1 unspecified atom stereocenters. The van der Waals surface area contributed by atoms with E-state index in [2.05, 4.69) is 5.32 Å². The number of thioether (sulfide) groups is 1. The first-order valence-corrected chi connectivity index (χ1v) is 12.0. The van der Waals surface area contributed by atoms with Gasteiger partial charge in [0.15, 0.2) is 5.16 Å². The van der Waals surface area contributed by atoms with Crippen molar-refractivity contribution in [3.63, 3.8) is 0 Å². The van der Waals surface area contributed by atoms with Crippen molar-refractivity contribution in [3.8, 4) is 11.4 Å². The molecule has 1 aromatic heterocycles. The number of carbonyl (C=O) groups excluding carboxylic acids is 1. The van der Waals surface area contributed by atoms with E-state index in [0.29, 0.717) is 27.5 Å². The van der Waals surface area contributed by atoms with E-state index >= 15 is 0 Å². The van der Waals surface area contributed by atoms with Crippen molar-refractivity contribution < 1.29 is 14.5 Å². The maximum absolute atomic E-state index is 13.5. The molecule has 0 aliphatic carbocycles. The molecule has 1 atom stereocenters. The summed E-state index contributed by atoms with van der Waals surface area (Å²) in [7, 11) is 1.41. The zero-order chi connectivity index (χ0) is 26.0. The Labute approximate surface area is 211 Å². The highest BCUT2D eigenvalue weighted by atomic mass is 32.2. The Morgan fingerprint density at radius 1 is 1.11 bits per heavy atom. The number of hydrogen-bond acceptors (Lipinski definition) is 7. The number of aromatic nitrogens is 2. The lowest BCUT2D eigenvalue weighted by atomic mass is 10.1. The largest absolute Gasteiger partial charge is 0.495 e. The van der Waals surface area contributed by atoms with Crippen molar-refractivity contribution >= 4 is 39.9 Å². The number of aryl methyl sites for hydroxylation is 2. The van der Waals surface area contributed by atoms with E-state index in [1.54, 1.807) is 31.2 Å². The Bertz CT molecular complexity index is 1550. The molecule has 0 spiro atoms. The smallest absolute Gasteiger partial charge is 0.271 e. The summed E-state index contributed by atoms with van der Waals surface area (Å²) in [6, 6.07) is 16.7. The molecule has 1 N–H and O–H groups in total. The fourth-order valence-corrected chi connectivity index (χ4v) is 4.56. The van der Waals surface area contributed by atoms with Crippen LogP contribution in [0.4, 0.5) is 11.4 Å². The maximum atomic E-state index is 13.5. The number of fused-ring (bicyclic) bond motifs is 1. The molecule has 3 aromatic carbocycles. The number of methoxy groups -OCH3 is 1. The number of carbonyl (C=O) groups is 1. The second kappa shape index (κ2) is 10.2. The van der Waals surface area contributed by atoms with E-state index < -0.39 is 16.1 Å². The number of benzene rings is 3. The van der Waals surface area contributed by atoms with Gasteiger partial charge in [-0.1, -0.05) is 30.0 Å². The molecular formula is C26H24N4O5S. The average Bonchev–Trinajstić information content (AvgIpc) is 2.86. The molecule has 0 aliphatic rings. The van der Waals surface area contributed by atoms with Gasteiger partial charge in [0.1, 0.15) is 5.75 Å². The monoisotopic (exact) mass is 504 g/mol. The number of nitrogens with one attached hydrogen (secondary N) is 1. The number of nitro groups is 1. The van der Waals surface area contributed by atoms with Gasteiger partial charge in [-0.2, -0.15) is 0 Å². The number of non-ortho nitro benzene ring substituents is 1. The number of para-hydroxylation sites is 1. The zero-order valence-electron chi connectivity index (χ0n) is 20.1. The predicted octanol–water partition coefficient (Wildman–Crippen LogP) is 5.04. The van der Waals surface area contributed by atoms with Gasteiger partial charge in [0, 0.05) is 12.1 Å². The first-order valence-electron chi connectivity index (χ1n) is 11.1. The average molecular weight is 505 g/mol. The molecule has 0 saturated carbocycles. The molecule has 1 amide bonds. The summed E-state index contributed by atoms with van der Waals surface area (Å²) in [4.78, 5) is 41.9. The van der Waals surface area contributed by atoms with Crippen LogP contribution >= 0.6 is 11.8 Å². The minimum absolute atomic E-state index is 0.175. The van der Waals surface area contributed by atoms with E-state index in [1.807, 2.05) is 32.0 Å². The normalized spacial score (nSPS) is 11.8. The van der Waals surface area contributed by atoms with Crippen molar-refractivity contribution in [2.24, 2.45) is 0 Å². The Kier molecular flexibility index (Phi) is 7.07. The van der Waals surface area contributed by atoms with Crippen LogP contribution in [0.3, 0.4) is 0 Å². The third kappa shape index (κ3) is 4.94. The van der Waals surface area contributed by atoms with Crippen LogP contribution < -0.4 is 15.6 Å². The molecule has 9 nitrogen and oxygen atoms in total. The number of anilines is 1. The Balaban J connectivity index is 1.72. The van der Waals surface area contributed by atoms with E-state index in [9.17, 15) is 19.7 Å². The molecule has 184 valence electrons. The SMILES string of the molecule is COc1ccc([N+](=O)[O-])cc1NC(=O)C(C)Sc1nc2ccccc2c(=O)n1-c1ccc(C)c(C)c1. The van der Waals surface area contributed by atoms with Gasteiger partial charge in [-0.25, -0.2) is 4.98 Å². The van der Waals surface area contributed by atoms with Gasteiger partial charge in [-0.3, -0.25) is 24.3 Å².